The molecule has 2 aromatic rings. The third-order valence-corrected chi connectivity index (χ3v) is 2.62. The number of aromatic nitrogens is 2. The molecule has 0 saturated heterocycles. The number of amides is 1. The van der Waals surface area contributed by atoms with Crippen LogP contribution in [0.4, 0.5) is 0 Å². The third kappa shape index (κ3) is 4.60. The molecule has 0 aliphatic rings. The maximum absolute atomic E-state index is 11.7. The number of rotatable bonds is 5. The third-order valence-electron chi connectivity index (χ3n) is 2.62. The van der Waals surface area contributed by atoms with E-state index in [0.29, 0.717) is 17.1 Å². The van der Waals surface area contributed by atoms with Gasteiger partial charge in [-0.25, -0.2) is 10.4 Å². The highest BCUT2D eigenvalue weighted by Crippen LogP contribution is 2.27. The molecule has 0 saturated carbocycles. The van der Waals surface area contributed by atoms with Crippen LogP contribution >= 0.6 is 0 Å². The lowest BCUT2D eigenvalue weighted by molar-refractivity contribution is -0.132. The zero-order valence-electron chi connectivity index (χ0n) is 12.5. The number of nitrogens with one attached hydrogen (secondary N) is 1. The van der Waals surface area contributed by atoms with Gasteiger partial charge in [-0.15, -0.1) is 0 Å². The number of hydrogen-bond donors (Lipinski definition) is 1. The minimum atomic E-state index is -0.474. The van der Waals surface area contributed by atoms with Gasteiger partial charge in [0, 0.05) is 19.3 Å². The zero-order valence-corrected chi connectivity index (χ0v) is 12.5. The van der Waals surface area contributed by atoms with Crippen molar-refractivity contribution in [2.75, 3.05) is 7.11 Å². The van der Waals surface area contributed by atoms with Crippen molar-refractivity contribution in [3.8, 4) is 11.5 Å². The lowest BCUT2D eigenvalue weighted by Crippen LogP contribution is -2.19. The highest BCUT2D eigenvalue weighted by Gasteiger charge is 2.08. The molecule has 0 fully saturated rings. The molecule has 0 aliphatic carbocycles. The van der Waals surface area contributed by atoms with Gasteiger partial charge in [-0.05, 0) is 23.8 Å². The van der Waals surface area contributed by atoms with Gasteiger partial charge in [0.25, 0.3) is 5.91 Å². The predicted octanol–water partition coefficient (Wildman–Crippen LogP) is 1.17. The molecule has 1 N–H and O–H groups in total. The number of nitrogens with zero attached hydrogens (tertiary/aromatic N) is 3. The van der Waals surface area contributed by atoms with Gasteiger partial charge in [0.05, 0.1) is 19.5 Å². The summed E-state index contributed by atoms with van der Waals surface area (Å²) in [5.41, 5.74) is 3.14. The Balaban J connectivity index is 2.05. The summed E-state index contributed by atoms with van der Waals surface area (Å²) in [7, 11) is 1.46. The summed E-state index contributed by atoms with van der Waals surface area (Å²) in [6.07, 6.45) is 5.64. The maximum atomic E-state index is 11.7. The Morgan fingerprint density at radius 1 is 1.26 bits per heavy atom. The highest BCUT2D eigenvalue weighted by molar-refractivity contribution is 5.92. The fourth-order valence-corrected chi connectivity index (χ4v) is 1.64. The van der Waals surface area contributed by atoms with Crippen LogP contribution in [0.1, 0.15) is 23.0 Å². The topological polar surface area (TPSA) is 103 Å². The van der Waals surface area contributed by atoms with Crippen LogP contribution < -0.4 is 14.9 Å². The summed E-state index contributed by atoms with van der Waals surface area (Å²) >= 11 is 0. The van der Waals surface area contributed by atoms with Gasteiger partial charge in [0.2, 0.25) is 0 Å². The van der Waals surface area contributed by atoms with E-state index in [0.717, 1.165) is 0 Å². The summed E-state index contributed by atoms with van der Waals surface area (Å²) in [5, 5.41) is 3.83. The summed E-state index contributed by atoms with van der Waals surface area (Å²) < 4.78 is 10.1. The van der Waals surface area contributed by atoms with Crippen LogP contribution in [0.2, 0.25) is 0 Å². The molecule has 0 bridgehead atoms. The van der Waals surface area contributed by atoms with Crippen LogP contribution in [0.5, 0.6) is 11.5 Å². The summed E-state index contributed by atoms with van der Waals surface area (Å²) in [4.78, 5) is 30.4. The van der Waals surface area contributed by atoms with Crippen LogP contribution in [0.25, 0.3) is 0 Å². The quantitative estimate of drug-likeness (QED) is 0.385. The molecule has 0 aliphatic heterocycles. The van der Waals surface area contributed by atoms with E-state index in [1.165, 1.54) is 38.8 Å². The van der Waals surface area contributed by atoms with E-state index >= 15 is 0 Å². The van der Waals surface area contributed by atoms with Crippen molar-refractivity contribution in [3.05, 3.63) is 48.0 Å². The molecule has 8 heteroatoms. The second-order valence-electron chi connectivity index (χ2n) is 4.29. The van der Waals surface area contributed by atoms with E-state index < -0.39 is 11.9 Å². The van der Waals surface area contributed by atoms with E-state index in [1.54, 1.807) is 18.2 Å². The fourth-order valence-electron chi connectivity index (χ4n) is 1.64. The van der Waals surface area contributed by atoms with Crippen molar-refractivity contribution >= 4 is 18.1 Å². The number of hydrogen-bond acceptors (Lipinski definition) is 7. The van der Waals surface area contributed by atoms with Gasteiger partial charge in [-0.3, -0.25) is 14.6 Å². The van der Waals surface area contributed by atoms with Crippen LogP contribution in [-0.2, 0) is 4.79 Å². The molecule has 0 radical (unpaired) electrons. The number of ether oxygens (including phenoxy) is 2. The van der Waals surface area contributed by atoms with Crippen molar-refractivity contribution in [2.24, 2.45) is 5.10 Å². The number of methoxy groups -OCH3 is 1. The number of benzene rings is 1. The summed E-state index contributed by atoms with van der Waals surface area (Å²) in [5.74, 6) is -0.232. The van der Waals surface area contributed by atoms with E-state index in [4.69, 9.17) is 9.47 Å². The van der Waals surface area contributed by atoms with E-state index in [9.17, 15) is 9.59 Å². The Morgan fingerprint density at radius 3 is 2.74 bits per heavy atom. The molecule has 23 heavy (non-hydrogen) atoms. The van der Waals surface area contributed by atoms with Gasteiger partial charge < -0.3 is 9.47 Å². The van der Waals surface area contributed by atoms with Crippen LogP contribution in [-0.4, -0.2) is 35.2 Å². The molecule has 1 heterocycles. The normalized spacial score (nSPS) is 10.3. The second kappa shape index (κ2) is 7.64. The van der Waals surface area contributed by atoms with Crippen LogP contribution in [0, 0.1) is 0 Å². The molecule has 0 atom stereocenters. The molecule has 0 spiro atoms. The SMILES string of the molecule is COc1cc(/C=N/NC(=O)c2cnccn2)ccc1OC(C)=O. The number of carbonyl (C=O) groups excluding carboxylic acids is 2. The largest absolute Gasteiger partial charge is 0.493 e. The highest BCUT2D eigenvalue weighted by atomic mass is 16.6. The molecule has 0 unspecified atom stereocenters. The average molecular weight is 314 g/mol. The Hall–Kier alpha value is -3.29. The Labute approximate surface area is 132 Å². The monoisotopic (exact) mass is 314 g/mol. The average Bonchev–Trinajstić information content (AvgIpc) is 2.56. The zero-order chi connectivity index (χ0) is 16.7. The first-order chi connectivity index (χ1) is 11.1. The smallest absolute Gasteiger partial charge is 0.308 e. The molecule has 1 aromatic carbocycles. The predicted molar refractivity (Wildman–Crippen MR) is 81.4 cm³/mol. The number of carbonyl (C=O) groups is 2. The summed E-state index contributed by atoms with van der Waals surface area (Å²) in [6, 6.07) is 4.86. The summed E-state index contributed by atoms with van der Waals surface area (Å²) in [6.45, 7) is 1.30. The standard InChI is InChI=1S/C15H14N4O4/c1-10(20)23-13-4-3-11(7-14(13)22-2)8-18-19-15(21)12-9-16-5-6-17-12/h3-9H,1-2H3,(H,19,21)/b18-8+. The van der Waals surface area contributed by atoms with Gasteiger partial charge in [-0.1, -0.05) is 0 Å². The van der Waals surface area contributed by atoms with Gasteiger partial charge in [-0.2, -0.15) is 5.10 Å². The molecule has 1 aromatic heterocycles. The minimum absolute atomic E-state index is 0.160. The molecular formula is C15H14N4O4. The first-order valence-corrected chi connectivity index (χ1v) is 6.56. The van der Waals surface area contributed by atoms with Crippen molar-refractivity contribution < 1.29 is 19.1 Å². The molecule has 1 amide bonds. The number of hydrazone groups is 1. The van der Waals surface area contributed by atoms with Gasteiger partial charge >= 0.3 is 5.97 Å². The fraction of sp³-hybridized carbons (Fsp3) is 0.133. The molecule has 8 nitrogen and oxygen atoms in total. The maximum Gasteiger partial charge on any atom is 0.308 e. The lowest BCUT2D eigenvalue weighted by Gasteiger charge is -2.08. The van der Waals surface area contributed by atoms with Crippen molar-refractivity contribution in [1.82, 2.24) is 15.4 Å². The van der Waals surface area contributed by atoms with Crippen molar-refractivity contribution in [1.29, 1.82) is 0 Å². The van der Waals surface area contributed by atoms with Crippen LogP contribution in [0.15, 0.2) is 41.9 Å². The minimum Gasteiger partial charge on any atom is -0.493 e. The Kier molecular flexibility index (Phi) is 5.35. The molecule has 2 rings (SSSR count). The van der Waals surface area contributed by atoms with Gasteiger partial charge in [0.1, 0.15) is 5.69 Å². The van der Waals surface area contributed by atoms with Crippen LogP contribution in [0.3, 0.4) is 0 Å². The first kappa shape index (κ1) is 16.1. The van der Waals surface area contributed by atoms with E-state index in [2.05, 4.69) is 20.5 Å². The lowest BCUT2D eigenvalue weighted by atomic mass is 10.2. The van der Waals surface area contributed by atoms with Crippen molar-refractivity contribution in [3.63, 3.8) is 0 Å². The second-order valence-corrected chi connectivity index (χ2v) is 4.29. The van der Waals surface area contributed by atoms with Gasteiger partial charge in [0.15, 0.2) is 11.5 Å². The molecular weight excluding hydrogens is 300 g/mol. The van der Waals surface area contributed by atoms with Crippen molar-refractivity contribution in [2.45, 2.75) is 6.92 Å². The number of esters is 1. The Bertz CT molecular complexity index is 732. The Morgan fingerprint density at radius 2 is 2.09 bits per heavy atom. The van der Waals surface area contributed by atoms with E-state index in [1.807, 2.05) is 0 Å². The molecule has 118 valence electrons. The van der Waals surface area contributed by atoms with E-state index in [-0.39, 0.29) is 5.69 Å². The first-order valence-electron chi connectivity index (χ1n) is 6.56.